The number of amides is 2. The van der Waals surface area contributed by atoms with E-state index in [0.717, 1.165) is 20.6 Å². The zero-order chi connectivity index (χ0) is 21.8. The Kier molecular flexibility index (Phi) is 7.11. The van der Waals surface area contributed by atoms with Crippen molar-refractivity contribution in [1.82, 2.24) is 24.7 Å². The molecule has 0 unspecified atom stereocenters. The predicted molar refractivity (Wildman–Crippen MR) is 106 cm³/mol. The summed E-state index contributed by atoms with van der Waals surface area (Å²) in [5.74, 6) is -1.55. The van der Waals surface area contributed by atoms with Crippen molar-refractivity contribution in [1.29, 1.82) is 0 Å². The number of hydrazine groups is 1. The third-order valence-corrected chi connectivity index (χ3v) is 6.10. The Hall–Kier alpha value is -2.77. The molecular weight excluding hydrogens is 470 g/mol. The molecule has 0 saturated heterocycles. The van der Waals surface area contributed by atoms with Gasteiger partial charge in [0.15, 0.2) is 0 Å². The number of halogens is 1. The zero-order valence-corrected chi connectivity index (χ0v) is 17.8. The van der Waals surface area contributed by atoms with E-state index in [9.17, 15) is 27.6 Å². The first-order valence-electron chi connectivity index (χ1n) is 8.10. The predicted octanol–water partition coefficient (Wildman–Crippen LogP) is -0.924. The molecule has 2 rings (SSSR count). The molecule has 2 aromatic rings. The molecule has 0 saturated carbocycles. The van der Waals surface area contributed by atoms with E-state index in [1.165, 1.54) is 19.2 Å². The fraction of sp³-hybridized carbons (Fsp3) is 0.250. The number of carbonyl (C=O) groups excluding carboxylic acids is 2. The van der Waals surface area contributed by atoms with Crippen molar-refractivity contribution in [3.8, 4) is 0 Å². The maximum absolute atomic E-state index is 12.4. The van der Waals surface area contributed by atoms with Gasteiger partial charge in [0.1, 0.15) is 6.54 Å². The maximum Gasteiger partial charge on any atom is 0.328 e. The number of aromatic amines is 1. The first-order chi connectivity index (χ1) is 13.5. The molecule has 0 bridgehead atoms. The number of nitrogens with zero attached hydrogens (tertiary/aromatic N) is 2. The number of hydrogen-bond donors (Lipinski definition) is 3. The maximum atomic E-state index is 12.4. The van der Waals surface area contributed by atoms with Gasteiger partial charge in [0.25, 0.3) is 17.4 Å². The molecule has 1 heterocycles. The lowest BCUT2D eigenvalue weighted by Gasteiger charge is -2.17. The molecule has 0 aliphatic carbocycles. The van der Waals surface area contributed by atoms with Gasteiger partial charge in [0.2, 0.25) is 10.0 Å². The molecule has 0 spiro atoms. The van der Waals surface area contributed by atoms with Gasteiger partial charge in [0, 0.05) is 13.2 Å². The van der Waals surface area contributed by atoms with E-state index in [1.807, 2.05) is 11.9 Å². The number of nitrogens with one attached hydrogen (secondary N) is 3. The largest absolute Gasteiger partial charge is 0.328 e. The number of H-pyrrole nitrogens is 1. The molecule has 0 aliphatic heterocycles. The molecule has 0 radical (unpaired) electrons. The lowest BCUT2D eigenvalue weighted by Crippen LogP contribution is -2.48. The Morgan fingerprint density at radius 3 is 2.34 bits per heavy atom. The summed E-state index contributed by atoms with van der Waals surface area (Å²) in [6, 6.07) is 6.14. The number of aromatic nitrogens is 2. The summed E-state index contributed by atoms with van der Waals surface area (Å²) in [5, 5.41) is 0. The summed E-state index contributed by atoms with van der Waals surface area (Å²) in [6.07, 6.45) is 1.13. The highest BCUT2D eigenvalue weighted by Crippen LogP contribution is 2.14. The van der Waals surface area contributed by atoms with Crippen LogP contribution in [0.2, 0.25) is 0 Å². The molecule has 0 fully saturated rings. The summed E-state index contributed by atoms with van der Waals surface area (Å²) >= 11 is 2.93. The minimum Gasteiger partial charge on any atom is -0.290 e. The highest BCUT2D eigenvalue weighted by atomic mass is 79.9. The van der Waals surface area contributed by atoms with Gasteiger partial charge in [-0.1, -0.05) is 17.7 Å². The van der Waals surface area contributed by atoms with Crippen LogP contribution in [0.1, 0.15) is 5.56 Å². The molecule has 0 atom stereocenters. The second-order valence-corrected chi connectivity index (χ2v) is 8.93. The van der Waals surface area contributed by atoms with Crippen LogP contribution in [0.4, 0.5) is 0 Å². The summed E-state index contributed by atoms with van der Waals surface area (Å²) in [5.41, 5.74) is 3.58. The fourth-order valence-electron chi connectivity index (χ4n) is 2.15. The summed E-state index contributed by atoms with van der Waals surface area (Å²) in [6.45, 7) is 0.794. The van der Waals surface area contributed by atoms with Crippen LogP contribution in [0.15, 0.2) is 49.4 Å². The first kappa shape index (κ1) is 22.5. The van der Waals surface area contributed by atoms with Crippen molar-refractivity contribution >= 4 is 37.8 Å². The van der Waals surface area contributed by atoms with Crippen LogP contribution in [0.3, 0.4) is 0 Å². The Balaban J connectivity index is 1.93. The van der Waals surface area contributed by atoms with E-state index in [2.05, 4.69) is 26.8 Å². The molecule has 2 amide bonds. The molecule has 3 N–H and O–H groups in total. The van der Waals surface area contributed by atoms with E-state index in [4.69, 9.17) is 0 Å². The standard InChI is InChI=1S/C16H18BrN5O6S/c1-10-3-5-11(6-4-10)29(27,28)21(2)8-13(23)19-20-14(24)9-22-7-12(17)15(25)18-16(22)26/h3-7H,8-9H2,1-2H3,(H,19,23)(H,20,24)(H,18,25,26). The molecule has 13 heteroatoms. The van der Waals surface area contributed by atoms with Crippen molar-refractivity contribution < 1.29 is 18.0 Å². The van der Waals surface area contributed by atoms with Crippen molar-refractivity contribution in [2.24, 2.45) is 0 Å². The Bertz CT molecular complexity index is 1140. The van der Waals surface area contributed by atoms with Crippen LogP contribution in [-0.2, 0) is 26.2 Å². The van der Waals surface area contributed by atoms with Gasteiger partial charge >= 0.3 is 5.69 Å². The fourth-order valence-corrected chi connectivity index (χ4v) is 3.62. The molecule has 29 heavy (non-hydrogen) atoms. The molecule has 1 aromatic heterocycles. The van der Waals surface area contributed by atoms with Crippen LogP contribution >= 0.6 is 15.9 Å². The van der Waals surface area contributed by atoms with Gasteiger partial charge in [0.05, 0.1) is 15.9 Å². The van der Waals surface area contributed by atoms with Crippen LogP contribution in [-0.4, -0.2) is 47.7 Å². The Labute approximate surface area is 173 Å². The third-order valence-electron chi connectivity index (χ3n) is 3.72. The number of hydrogen-bond acceptors (Lipinski definition) is 6. The minimum atomic E-state index is -3.88. The van der Waals surface area contributed by atoms with Crippen molar-refractivity contribution in [2.45, 2.75) is 18.4 Å². The third kappa shape index (κ3) is 5.85. The number of aryl methyl sites for hydroxylation is 1. The van der Waals surface area contributed by atoms with E-state index in [-0.39, 0.29) is 9.37 Å². The van der Waals surface area contributed by atoms with Gasteiger partial charge in [-0.2, -0.15) is 4.31 Å². The number of rotatable bonds is 6. The van der Waals surface area contributed by atoms with E-state index in [1.54, 1.807) is 12.1 Å². The zero-order valence-electron chi connectivity index (χ0n) is 15.4. The van der Waals surface area contributed by atoms with Gasteiger partial charge in [-0.3, -0.25) is 34.8 Å². The first-order valence-corrected chi connectivity index (χ1v) is 10.3. The van der Waals surface area contributed by atoms with Crippen LogP contribution in [0.5, 0.6) is 0 Å². The van der Waals surface area contributed by atoms with E-state index < -0.39 is 46.2 Å². The van der Waals surface area contributed by atoms with E-state index in [0.29, 0.717) is 0 Å². The van der Waals surface area contributed by atoms with E-state index >= 15 is 0 Å². The van der Waals surface area contributed by atoms with Gasteiger partial charge < -0.3 is 0 Å². The number of sulfonamides is 1. The highest BCUT2D eigenvalue weighted by molar-refractivity contribution is 9.10. The smallest absolute Gasteiger partial charge is 0.290 e. The average Bonchev–Trinajstić information content (AvgIpc) is 2.64. The molecule has 1 aromatic carbocycles. The summed E-state index contributed by atoms with van der Waals surface area (Å²) in [7, 11) is -2.65. The molecule has 0 aliphatic rings. The number of benzene rings is 1. The number of carbonyl (C=O) groups is 2. The van der Waals surface area contributed by atoms with Crippen molar-refractivity contribution in [3.05, 3.63) is 61.3 Å². The van der Waals surface area contributed by atoms with Crippen LogP contribution in [0.25, 0.3) is 0 Å². The average molecular weight is 488 g/mol. The van der Waals surface area contributed by atoms with Crippen molar-refractivity contribution in [3.63, 3.8) is 0 Å². The SMILES string of the molecule is Cc1ccc(S(=O)(=O)N(C)CC(=O)NNC(=O)Cn2cc(Br)c(=O)[nH]c2=O)cc1. The molecule has 11 nitrogen and oxygen atoms in total. The quantitative estimate of drug-likeness (QED) is 0.448. The van der Waals surface area contributed by atoms with Gasteiger partial charge in [-0.15, -0.1) is 0 Å². The lowest BCUT2D eigenvalue weighted by atomic mass is 10.2. The normalized spacial score (nSPS) is 11.3. The second-order valence-electron chi connectivity index (χ2n) is 6.03. The molecular formula is C16H18BrN5O6S. The highest BCUT2D eigenvalue weighted by Gasteiger charge is 2.23. The topological polar surface area (TPSA) is 150 Å². The minimum absolute atomic E-state index is 0.0328. The van der Waals surface area contributed by atoms with Gasteiger partial charge in [-0.25, -0.2) is 13.2 Å². The Morgan fingerprint density at radius 1 is 1.14 bits per heavy atom. The summed E-state index contributed by atoms with van der Waals surface area (Å²) < 4.78 is 26.7. The number of likely N-dealkylation sites (N-methyl/N-ethyl adjacent to an activating group) is 1. The van der Waals surface area contributed by atoms with Crippen LogP contribution in [0, 0.1) is 6.92 Å². The van der Waals surface area contributed by atoms with Crippen molar-refractivity contribution in [2.75, 3.05) is 13.6 Å². The lowest BCUT2D eigenvalue weighted by molar-refractivity contribution is -0.129. The molecule has 156 valence electrons. The monoisotopic (exact) mass is 487 g/mol. The Morgan fingerprint density at radius 2 is 1.72 bits per heavy atom. The summed E-state index contributed by atoms with van der Waals surface area (Å²) in [4.78, 5) is 48.8. The van der Waals surface area contributed by atoms with Gasteiger partial charge in [-0.05, 0) is 35.0 Å². The second kappa shape index (κ2) is 9.15. The van der Waals surface area contributed by atoms with Crippen LogP contribution < -0.4 is 22.1 Å².